The molecule has 0 spiro atoms. The van der Waals surface area contributed by atoms with Crippen LogP contribution in [0.25, 0.3) is 34.3 Å². The topological polar surface area (TPSA) is 39.9 Å². The second-order valence-corrected chi connectivity index (χ2v) is 7.58. The van der Waals surface area contributed by atoms with E-state index in [9.17, 15) is 0 Å². The van der Waals surface area contributed by atoms with Crippen molar-refractivity contribution in [3.8, 4) is 17.0 Å². The fourth-order valence-electron chi connectivity index (χ4n) is 3.81. The van der Waals surface area contributed by atoms with Crippen LogP contribution < -0.4 is 4.74 Å². The highest BCUT2D eigenvalue weighted by atomic mass is 16.5. The van der Waals surface area contributed by atoms with Gasteiger partial charge >= 0.3 is 0 Å². The van der Waals surface area contributed by atoms with E-state index in [-0.39, 0.29) is 0 Å². The lowest BCUT2D eigenvalue weighted by Gasteiger charge is -2.06. The van der Waals surface area contributed by atoms with Crippen molar-refractivity contribution in [2.24, 2.45) is 0 Å². The number of fused-ring (bicyclic) bond motifs is 1. The van der Waals surface area contributed by atoms with Crippen LogP contribution in [-0.4, -0.2) is 21.9 Å². The Morgan fingerprint density at radius 1 is 0.812 bits per heavy atom. The molecule has 2 aromatic heterocycles. The molecule has 4 heteroatoms. The van der Waals surface area contributed by atoms with Gasteiger partial charge in [0.2, 0.25) is 0 Å². The lowest BCUT2D eigenvalue weighted by Crippen LogP contribution is -2.00. The van der Waals surface area contributed by atoms with Crippen LogP contribution >= 0.6 is 0 Å². The van der Waals surface area contributed by atoms with E-state index in [2.05, 4.69) is 36.5 Å². The molecule has 0 aliphatic heterocycles. The number of rotatable bonds is 6. The van der Waals surface area contributed by atoms with Crippen LogP contribution in [0.5, 0.6) is 5.75 Å². The summed E-state index contributed by atoms with van der Waals surface area (Å²) in [5.41, 5.74) is 5.96. The van der Waals surface area contributed by atoms with Crippen molar-refractivity contribution in [3.05, 3.63) is 114 Å². The van der Waals surface area contributed by atoms with Crippen molar-refractivity contribution in [3.63, 3.8) is 0 Å². The Kier molecular flexibility index (Phi) is 5.50. The van der Waals surface area contributed by atoms with Crippen LogP contribution in [0.3, 0.4) is 0 Å². The number of ether oxygens (including phenoxy) is 1. The van der Waals surface area contributed by atoms with Crippen molar-refractivity contribution in [1.82, 2.24) is 14.8 Å². The van der Waals surface area contributed by atoms with Gasteiger partial charge in [-0.1, -0.05) is 66.7 Å². The summed E-state index contributed by atoms with van der Waals surface area (Å²) in [5.74, 6) is 0.802. The molecule has 5 rings (SSSR count). The SMILES string of the molecule is COc1ccccc1-c1nn(Cc2ccccc2)cc1/C=C/c1ccc2ccccc2n1. The molecule has 4 nitrogen and oxygen atoms in total. The molecule has 0 saturated heterocycles. The summed E-state index contributed by atoms with van der Waals surface area (Å²) in [5, 5.41) is 6.05. The molecule has 0 radical (unpaired) electrons. The van der Waals surface area contributed by atoms with Gasteiger partial charge in [-0.3, -0.25) is 4.68 Å². The Morgan fingerprint density at radius 3 is 2.47 bits per heavy atom. The maximum absolute atomic E-state index is 5.61. The van der Waals surface area contributed by atoms with E-state index in [0.29, 0.717) is 6.54 Å². The van der Waals surface area contributed by atoms with Crippen molar-refractivity contribution in [2.75, 3.05) is 7.11 Å². The van der Waals surface area contributed by atoms with E-state index < -0.39 is 0 Å². The average molecular weight is 418 g/mol. The summed E-state index contributed by atoms with van der Waals surface area (Å²) in [4.78, 5) is 4.76. The van der Waals surface area contributed by atoms with Crippen LogP contribution in [0, 0.1) is 0 Å². The number of hydrogen-bond donors (Lipinski definition) is 0. The van der Waals surface area contributed by atoms with Gasteiger partial charge < -0.3 is 4.74 Å². The highest BCUT2D eigenvalue weighted by Crippen LogP contribution is 2.32. The molecule has 156 valence electrons. The lowest BCUT2D eigenvalue weighted by atomic mass is 10.1. The predicted molar refractivity (Wildman–Crippen MR) is 130 cm³/mol. The molecule has 32 heavy (non-hydrogen) atoms. The lowest BCUT2D eigenvalue weighted by molar-refractivity contribution is 0.416. The van der Waals surface area contributed by atoms with Gasteiger partial charge in [0.15, 0.2) is 0 Å². The molecule has 0 N–H and O–H groups in total. The molecule has 3 aromatic carbocycles. The number of benzene rings is 3. The average Bonchev–Trinajstić information content (AvgIpc) is 3.25. The van der Waals surface area contributed by atoms with Crippen molar-refractivity contribution in [1.29, 1.82) is 0 Å². The standard InChI is InChI=1S/C28H23N3O/c1-32-27-14-8-6-12-25(27)28-23(20-31(30-28)19-21-9-3-2-4-10-21)16-18-24-17-15-22-11-5-7-13-26(22)29-24/h2-18,20H,19H2,1H3/b18-16+. The Bertz CT molecular complexity index is 1390. The third kappa shape index (κ3) is 4.16. The van der Waals surface area contributed by atoms with Crippen LogP contribution in [0.15, 0.2) is 97.2 Å². The van der Waals surface area contributed by atoms with Gasteiger partial charge in [-0.2, -0.15) is 5.10 Å². The maximum atomic E-state index is 5.61. The third-order valence-corrected chi connectivity index (χ3v) is 5.39. The van der Waals surface area contributed by atoms with Gasteiger partial charge in [-0.05, 0) is 42.0 Å². The summed E-state index contributed by atoms with van der Waals surface area (Å²) < 4.78 is 7.58. The first-order valence-corrected chi connectivity index (χ1v) is 10.6. The summed E-state index contributed by atoms with van der Waals surface area (Å²) in [6.07, 6.45) is 6.19. The first-order chi connectivity index (χ1) is 15.8. The molecule has 2 heterocycles. The van der Waals surface area contributed by atoms with Gasteiger partial charge in [-0.25, -0.2) is 4.98 Å². The predicted octanol–water partition coefficient (Wildman–Crippen LogP) is 6.33. The minimum Gasteiger partial charge on any atom is -0.496 e. The second-order valence-electron chi connectivity index (χ2n) is 7.58. The monoisotopic (exact) mass is 417 g/mol. The van der Waals surface area contributed by atoms with Crippen molar-refractivity contribution in [2.45, 2.75) is 6.54 Å². The van der Waals surface area contributed by atoms with Crippen molar-refractivity contribution >= 4 is 23.1 Å². The van der Waals surface area contributed by atoms with E-state index >= 15 is 0 Å². The maximum Gasteiger partial charge on any atom is 0.128 e. The first kappa shape index (κ1) is 19.8. The minimum absolute atomic E-state index is 0.699. The Morgan fingerprint density at radius 2 is 1.59 bits per heavy atom. The van der Waals surface area contributed by atoms with Crippen LogP contribution in [-0.2, 0) is 6.54 Å². The molecule has 0 fully saturated rings. The number of hydrogen-bond acceptors (Lipinski definition) is 3. The molecular weight excluding hydrogens is 394 g/mol. The number of aromatic nitrogens is 3. The Hall–Kier alpha value is -4.18. The minimum atomic E-state index is 0.699. The first-order valence-electron chi connectivity index (χ1n) is 10.6. The Labute approximate surface area is 187 Å². The highest BCUT2D eigenvalue weighted by molar-refractivity contribution is 5.83. The second kappa shape index (κ2) is 8.90. The number of methoxy groups -OCH3 is 1. The van der Waals surface area contributed by atoms with Gasteiger partial charge in [0, 0.05) is 22.7 Å². The zero-order valence-electron chi connectivity index (χ0n) is 17.8. The normalized spacial score (nSPS) is 11.3. The van der Waals surface area contributed by atoms with Gasteiger partial charge in [0.25, 0.3) is 0 Å². The Balaban J connectivity index is 1.55. The molecule has 0 bridgehead atoms. The number of para-hydroxylation sites is 2. The molecule has 0 amide bonds. The quantitative estimate of drug-likeness (QED) is 0.324. The smallest absolute Gasteiger partial charge is 0.128 e. The molecule has 0 aliphatic carbocycles. The number of nitrogens with zero attached hydrogens (tertiary/aromatic N) is 3. The molecule has 0 aliphatic rings. The van der Waals surface area contributed by atoms with Crippen LogP contribution in [0.4, 0.5) is 0 Å². The zero-order chi connectivity index (χ0) is 21.8. The van der Waals surface area contributed by atoms with E-state index in [1.165, 1.54) is 5.56 Å². The van der Waals surface area contributed by atoms with Gasteiger partial charge in [0.05, 0.1) is 24.9 Å². The summed E-state index contributed by atoms with van der Waals surface area (Å²) in [6, 6.07) is 30.6. The highest BCUT2D eigenvalue weighted by Gasteiger charge is 2.14. The number of pyridine rings is 1. The molecular formula is C28H23N3O. The largest absolute Gasteiger partial charge is 0.496 e. The van der Waals surface area contributed by atoms with E-state index in [4.69, 9.17) is 14.8 Å². The van der Waals surface area contributed by atoms with E-state index in [1.807, 2.05) is 77.5 Å². The van der Waals surface area contributed by atoms with Crippen LogP contribution in [0.1, 0.15) is 16.8 Å². The molecule has 5 aromatic rings. The van der Waals surface area contributed by atoms with Crippen molar-refractivity contribution < 1.29 is 4.74 Å². The molecule has 0 unspecified atom stereocenters. The third-order valence-electron chi connectivity index (χ3n) is 5.39. The zero-order valence-corrected chi connectivity index (χ0v) is 17.8. The fourth-order valence-corrected chi connectivity index (χ4v) is 3.81. The summed E-state index contributed by atoms with van der Waals surface area (Å²) >= 11 is 0. The van der Waals surface area contributed by atoms with Crippen LogP contribution in [0.2, 0.25) is 0 Å². The molecule has 0 saturated carbocycles. The van der Waals surface area contributed by atoms with E-state index in [1.54, 1.807) is 7.11 Å². The van der Waals surface area contributed by atoms with Gasteiger partial charge in [0.1, 0.15) is 11.4 Å². The van der Waals surface area contributed by atoms with Gasteiger partial charge in [-0.15, -0.1) is 0 Å². The summed E-state index contributed by atoms with van der Waals surface area (Å²) in [7, 11) is 1.69. The summed E-state index contributed by atoms with van der Waals surface area (Å²) in [6.45, 7) is 0.699. The molecule has 0 atom stereocenters. The van der Waals surface area contributed by atoms with E-state index in [0.717, 1.165) is 39.2 Å². The fraction of sp³-hybridized carbons (Fsp3) is 0.0714.